The molecule has 3 nitrogen and oxygen atoms in total. The summed E-state index contributed by atoms with van der Waals surface area (Å²) in [5.41, 5.74) is 17.8. The van der Waals surface area contributed by atoms with Crippen LogP contribution in [0.3, 0.4) is 0 Å². The molecule has 332 valence electrons. The molecule has 0 aliphatic carbocycles. The topological polar surface area (TPSA) is 21.3 Å². The van der Waals surface area contributed by atoms with Gasteiger partial charge < -0.3 is 13.9 Å². The van der Waals surface area contributed by atoms with Crippen molar-refractivity contribution in [3.63, 3.8) is 0 Å². The summed E-state index contributed by atoms with van der Waals surface area (Å²) in [6.45, 7) is 0. The number of furan rings is 1. The van der Waals surface area contributed by atoms with Crippen molar-refractivity contribution in [3.8, 4) is 50.2 Å². The van der Waals surface area contributed by atoms with Gasteiger partial charge in [-0.25, -0.2) is 0 Å². The first-order valence-corrected chi connectivity index (χ1v) is 24.3. The van der Waals surface area contributed by atoms with Crippen molar-refractivity contribution >= 4 is 82.4 Å². The lowest BCUT2D eigenvalue weighted by atomic mass is 9.93. The van der Waals surface area contributed by atoms with Gasteiger partial charge in [0.2, 0.25) is 0 Å². The molecule has 2 heterocycles. The summed E-state index contributed by atoms with van der Waals surface area (Å²) >= 11 is 0. The molecule has 0 N–H and O–H groups in total. The van der Waals surface area contributed by atoms with E-state index in [1.165, 1.54) is 54.7 Å². The normalized spacial score (nSPS) is 11.7. The van der Waals surface area contributed by atoms with E-state index in [-0.39, 0.29) is 0 Å². The average molecular weight is 905 g/mol. The molecule has 0 atom stereocenters. The number of anilines is 3. The second-order valence-corrected chi connectivity index (χ2v) is 18.4. The van der Waals surface area contributed by atoms with Crippen LogP contribution in [0.5, 0.6) is 0 Å². The number of hydrogen-bond acceptors (Lipinski definition) is 2. The Morgan fingerprint density at radius 3 is 1.58 bits per heavy atom. The van der Waals surface area contributed by atoms with Crippen molar-refractivity contribution in [2.45, 2.75) is 0 Å². The summed E-state index contributed by atoms with van der Waals surface area (Å²) in [7, 11) is 0. The summed E-state index contributed by atoms with van der Waals surface area (Å²) < 4.78 is 9.04. The molecule has 0 spiro atoms. The molecule has 0 bridgehead atoms. The van der Waals surface area contributed by atoms with Gasteiger partial charge in [0.1, 0.15) is 11.2 Å². The van der Waals surface area contributed by atoms with Crippen molar-refractivity contribution in [1.82, 2.24) is 4.57 Å². The first-order valence-electron chi connectivity index (χ1n) is 24.3. The van der Waals surface area contributed by atoms with Crippen molar-refractivity contribution in [2.24, 2.45) is 0 Å². The molecule has 71 heavy (non-hydrogen) atoms. The van der Waals surface area contributed by atoms with Crippen molar-refractivity contribution in [3.05, 3.63) is 267 Å². The number of benzene rings is 12. The largest absolute Gasteiger partial charge is 0.455 e. The van der Waals surface area contributed by atoms with E-state index in [4.69, 9.17) is 4.42 Å². The van der Waals surface area contributed by atoms with Crippen molar-refractivity contribution < 1.29 is 4.42 Å². The third-order valence-corrected chi connectivity index (χ3v) is 14.4. The van der Waals surface area contributed by atoms with E-state index in [1.54, 1.807) is 0 Å². The van der Waals surface area contributed by atoms with Crippen LogP contribution in [-0.4, -0.2) is 4.57 Å². The Morgan fingerprint density at radius 1 is 0.296 bits per heavy atom. The minimum Gasteiger partial charge on any atom is -0.455 e. The Balaban J connectivity index is 0.913. The molecule has 0 aliphatic rings. The highest BCUT2D eigenvalue weighted by molar-refractivity contribution is 6.15. The monoisotopic (exact) mass is 904 g/mol. The van der Waals surface area contributed by atoms with Crippen LogP contribution in [-0.2, 0) is 0 Å². The third kappa shape index (κ3) is 6.82. The Bertz CT molecular complexity index is 4270. The number of para-hydroxylation sites is 3. The van der Waals surface area contributed by atoms with Gasteiger partial charge in [-0.15, -0.1) is 0 Å². The predicted molar refractivity (Wildman–Crippen MR) is 299 cm³/mol. The quantitative estimate of drug-likeness (QED) is 0.151. The Labute approximate surface area is 411 Å². The van der Waals surface area contributed by atoms with Gasteiger partial charge in [-0.05, 0) is 122 Å². The molecular formula is C68H44N2O. The van der Waals surface area contributed by atoms with Gasteiger partial charge >= 0.3 is 0 Å². The smallest absolute Gasteiger partial charge is 0.143 e. The summed E-state index contributed by atoms with van der Waals surface area (Å²) in [5.74, 6) is 0. The average Bonchev–Trinajstić information content (AvgIpc) is 3.99. The lowest BCUT2D eigenvalue weighted by Crippen LogP contribution is -2.11. The van der Waals surface area contributed by atoms with Crippen LogP contribution < -0.4 is 4.90 Å². The van der Waals surface area contributed by atoms with E-state index in [9.17, 15) is 0 Å². The number of nitrogens with zero attached hydrogens (tertiary/aromatic N) is 2. The van der Waals surface area contributed by atoms with Crippen LogP contribution in [0.1, 0.15) is 0 Å². The fraction of sp³-hybridized carbons (Fsp3) is 0. The third-order valence-electron chi connectivity index (χ3n) is 14.4. The zero-order valence-electron chi connectivity index (χ0n) is 38.7. The molecule has 0 unspecified atom stereocenters. The second kappa shape index (κ2) is 16.7. The van der Waals surface area contributed by atoms with Crippen LogP contribution in [0.4, 0.5) is 17.1 Å². The van der Waals surface area contributed by atoms with E-state index in [0.717, 1.165) is 77.9 Å². The molecule has 0 aliphatic heterocycles. The SMILES string of the molecule is c1ccc(-c2cc(-c3cccc4ccccc34)ccc2N(c2ccc(-c3ccc4c(c3)oc3c5ccccc5ccc43)cc2)c2ccc(-c3ccccc3-n3c4ccccc4c4ccccc43)cc2)cc1. The van der Waals surface area contributed by atoms with E-state index in [2.05, 4.69) is 276 Å². The highest BCUT2D eigenvalue weighted by Gasteiger charge is 2.21. The molecule has 14 rings (SSSR count). The first kappa shape index (κ1) is 40.6. The number of hydrogen-bond donors (Lipinski definition) is 0. The second-order valence-electron chi connectivity index (χ2n) is 18.4. The zero-order valence-corrected chi connectivity index (χ0v) is 38.7. The molecule has 12 aromatic carbocycles. The van der Waals surface area contributed by atoms with Crippen LogP contribution in [0, 0.1) is 0 Å². The minimum atomic E-state index is 0.887. The zero-order chi connectivity index (χ0) is 46.8. The minimum absolute atomic E-state index is 0.887. The van der Waals surface area contributed by atoms with Crippen LogP contribution >= 0.6 is 0 Å². The highest BCUT2D eigenvalue weighted by atomic mass is 16.3. The highest BCUT2D eigenvalue weighted by Crippen LogP contribution is 2.45. The van der Waals surface area contributed by atoms with Gasteiger partial charge in [0.25, 0.3) is 0 Å². The fourth-order valence-corrected chi connectivity index (χ4v) is 11.0. The van der Waals surface area contributed by atoms with Gasteiger partial charge in [0, 0.05) is 49.4 Å². The molecule has 2 aromatic heterocycles. The first-order chi connectivity index (χ1) is 35.2. The van der Waals surface area contributed by atoms with Gasteiger partial charge in [-0.1, -0.05) is 194 Å². The molecule has 3 heteroatoms. The summed E-state index contributed by atoms with van der Waals surface area (Å²) in [4.78, 5) is 2.41. The standard InChI is InChI=1S/C68H44N2O/c1-2-15-47(16-3-1)62-43-51(55-25-14-19-46-17-4-6-20-54(46)55)35-42-66(62)69(52-36-29-45(30-37-52)50-34-40-60-61-41-33-48-18-5-7-22-57(48)68(61)71-67(60)44-50)53-38-31-49(32-39-53)56-21-8-11-26-63(56)70-64-27-12-9-23-58(64)59-24-10-13-28-65(59)70/h1-44H. The Hall–Kier alpha value is -9.44. The number of fused-ring (bicyclic) bond motifs is 9. The molecule has 0 amide bonds. The maximum Gasteiger partial charge on any atom is 0.143 e. The molecule has 0 radical (unpaired) electrons. The summed E-state index contributed by atoms with van der Waals surface area (Å²) in [6.07, 6.45) is 0. The maximum absolute atomic E-state index is 6.62. The van der Waals surface area contributed by atoms with E-state index >= 15 is 0 Å². The Morgan fingerprint density at radius 2 is 0.831 bits per heavy atom. The van der Waals surface area contributed by atoms with Gasteiger partial charge in [-0.3, -0.25) is 0 Å². The van der Waals surface area contributed by atoms with Crippen molar-refractivity contribution in [1.29, 1.82) is 0 Å². The Kier molecular flexibility index (Phi) is 9.53. The number of aromatic nitrogens is 1. The van der Waals surface area contributed by atoms with Crippen LogP contribution in [0.25, 0.3) is 115 Å². The maximum atomic E-state index is 6.62. The van der Waals surface area contributed by atoms with Crippen LogP contribution in [0.2, 0.25) is 0 Å². The molecule has 0 saturated heterocycles. The van der Waals surface area contributed by atoms with Crippen LogP contribution in [0.15, 0.2) is 271 Å². The number of rotatable bonds is 8. The fourth-order valence-electron chi connectivity index (χ4n) is 11.0. The van der Waals surface area contributed by atoms with Gasteiger partial charge in [-0.2, -0.15) is 0 Å². The predicted octanol–water partition coefficient (Wildman–Crippen LogP) is 19.1. The lowest BCUT2D eigenvalue weighted by molar-refractivity contribution is 0.673. The summed E-state index contributed by atoms with van der Waals surface area (Å²) in [6, 6.07) is 96.8. The van der Waals surface area contributed by atoms with E-state index in [1.807, 2.05) is 0 Å². The van der Waals surface area contributed by atoms with Crippen molar-refractivity contribution in [2.75, 3.05) is 4.90 Å². The van der Waals surface area contributed by atoms with E-state index < -0.39 is 0 Å². The molecule has 0 fully saturated rings. The molecule has 0 saturated carbocycles. The van der Waals surface area contributed by atoms with E-state index in [0.29, 0.717) is 0 Å². The molecule has 14 aromatic rings. The molecular weight excluding hydrogens is 861 g/mol. The van der Waals surface area contributed by atoms with Gasteiger partial charge in [0.15, 0.2) is 0 Å². The summed E-state index contributed by atoms with van der Waals surface area (Å²) in [5, 5.41) is 9.53. The van der Waals surface area contributed by atoms with Gasteiger partial charge in [0.05, 0.1) is 22.4 Å². The lowest BCUT2D eigenvalue weighted by Gasteiger charge is -2.29.